The molecule has 0 amide bonds. The smallest absolute Gasteiger partial charge is 0.0989 e. The van der Waals surface area contributed by atoms with Crippen LogP contribution < -0.4 is 0 Å². The second kappa shape index (κ2) is 7.11. The first-order valence-electron chi connectivity index (χ1n) is 8.70. The second-order valence-electron chi connectivity index (χ2n) is 6.84. The molecule has 1 N–H and O–H groups in total. The fourth-order valence-electron chi connectivity index (χ4n) is 3.96. The van der Waals surface area contributed by atoms with Gasteiger partial charge in [0, 0.05) is 19.0 Å². The van der Waals surface area contributed by atoms with Gasteiger partial charge >= 0.3 is 0 Å². The number of likely N-dealkylation sites (tertiary alicyclic amines) is 1. The van der Waals surface area contributed by atoms with E-state index in [2.05, 4.69) is 35.2 Å². The Labute approximate surface area is 129 Å². The second-order valence-corrected chi connectivity index (χ2v) is 6.84. The average molecular weight is 284 g/mol. The molecule has 0 atom stereocenters. The normalized spacial score (nSPS) is 21.4. The molecule has 3 rings (SSSR count). The number of nitrogens with zero attached hydrogens (tertiary/aromatic N) is 1. The van der Waals surface area contributed by atoms with Gasteiger partial charge in [-0.25, -0.2) is 0 Å². The monoisotopic (exact) mass is 284 g/mol. The van der Waals surface area contributed by atoms with Crippen molar-refractivity contribution in [3.05, 3.63) is 35.9 Å². The Hall–Kier alpha value is -1.31. The summed E-state index contributed by atoms with van der Waals surface area (Å²) in [5, 5.41) is 8.49. The third-order valence-corrected chi connectivity index (χ3v) is 5.31. The van der Waals surface area contributed by atoms with Crippen LogP contribution in [0.4, 0.5) is 0 Å². The summed E-state index contributed by atoms with van der Waals surface area (Å²) in [5.41, 5.74) is 1.47. The minimum atomic E-state index is 0.560. The standard InChI is InChI=1S/C19H28N2/c20-19(18-9-5-2-6-10-18)21-13-11-17(12-14-21)15-16-7-3-1-4-8-16/h1,3-4,7-8,17-18,20H,2,5-6,9-15H2. The van der Waals surface area contributed by atoms with Crippen LogP contribution in [0.1, 0.15) is 50.5 Å². The van der Waals surface area contributed by atoms with E-state index in [0.717, 1.165) is 24.8 Å². The average Bonchev–Trinajstić information content (AvgIpc) is 2.57. The molecule has 1 saturated carbocycles. The van der Waals surface area contributed by atoms with Gasteiger partial charge in [-0.15, -0.1) is 0 Å². The third-order valence-electron chi connectivity index (χ3n) is 5.31. The molecule has 1 heterocycles. The zero-order chi connectivity index (χ0) is 14.5. The summed E-state index contributed by atoms with van der Waals surface area (Å²) in [6.45, 7) is 2.21. The Balaban J connectivity index is 1.47. The lowest BCUT2D eigenvalue weighted by Crippen LogP contribution is -2.42. The Morgan fingerprint density at radius 3 is 2.29 bits per heavy atom. The van der Waals surface area contributed by atoms with Crippen LogP contribution in [0, 0.1) is 17.2 Å². The molecular weight excluding hydrogens is 256 g/mol. The summed E-state index contributed by atoms with van der Waals surface area (Å²) in [4.78, 5) is 2.37. The number of piperidine rings is 1. The molecule has 0 radical (unpaired) electrons. The van der Waals surface area contributed by atoms with Crippen LogP contribution in [0.2, 0.25) is 0 Å². The maximum Gasteiger partial charge on any atom is 0.0989 e. The molecular formula is C19H28N2. The van der Waals surface area contributed by atoms with E-state index in [0.29, 0.717) is 5.92 Å². The van der Waals surface area contributed by atoms with Gasteiger partial charge in [-0.1, -0.05) is 49.6 Å². The molecule has 21 heavy (non-hydrogen) atoms. The van der Waals surface area contributed by atoms with E-state index in [1.165, 1.54) is 56.9 Å². The molecule has 1 aromatic rings. The van der Waals surface area contributed by atoms with Crippen LogP contribution in [0.3, 0.4) is 0 Å². The number of rotatable bonds is 3. The topological polar surface area (TPSA) is 27.1 Å². The maximum absolute atomic E-state index is 8.49. The first kappa shape index (κ1) is 14.6. The summed E-state index contributed by atoms with van der Waals surface area (Å²) in [6, 6.07) is 10.9. The van der Waals surface area contributed by atoms with Gasteiger partial charge in [-0.05, 0) is 43.6 Å². The van der Waals surface area contributed by atoms with E-state index >= 15 is 0 Å². The minimum Gasteiger partial charge on any atom is -0.360 e. The van der Waals surface area contributed by atoms with E-state index in [4.69, 9.17) is 5.41 Å². The van der Waals surface area contributed by atoms with Crippen molar-refractivity contribution >= 4 is 5.84 Å². The van der Waals surface area contributed by atoms with Gasteiger partial charge < -0.3 is 4.90 Å². The largest absolute Gasteiger partial charge is 0.360 e. The minimum absolute atomic E-state index is 0.560. The summed E-state index contributed by atoms with van der Waals surface area (Å²) in [5.74, 6) is 2.32. The molecule has 1 aliphatic heterocycles. The van der Waals surface area contributed by atoms with Gasteiger partial charge in [0.05, 0.1) is 5.84 Å². The van der Waals surface area contributed by atoms with Crippen molar-refractivity contribution in [2.45, 2.75) is 51.4 Å². The highest BCUT2D eigenvalue weighted by molar-refractivity contribution is 5.81. The van der Waals surface area contributed by atoms with Crippen LogP contribution in [-0.2, 0) is 6.42 Å². The third kappa shape index (κ3) is 3.87. The van der Waals surface area contributed by atoms with E-state index in [1.807, 2.05) is 0 Å². The lowest BCUT2D eigenvalue weighted by molar-refractivity contribution is 0.248. The highest BCUT2D eigenvalue weighted by Gasteiger charge is 2.26. The molecule has 114 valence electrons. The van der Waals surface area contributed by atoms with Gasteiger partial charge in [-0.3, -0.25) is 5.41 Å². The van der Waals surface area contributed by atoms with E-state index < -0.39 is 0 Å². The molecule has 1 aromatic carbocycles. The highest BCUT2D eigenvalue weighted by Crippen LogP contribution is 2.28. The predicted molar refractivity (Wildman–Crippen MR) is 88.7 cm³/mol. The predicted octanol–water partition coefficient (Wildman–Crippen LogP) is 4.50. The first-order chi connectivity index (χ1) is 10.3. The molecule has 1 aliphatic carbocycles. The van der Waals surface area contributed by atoms with Crippen molar-refractivity contribution in [3.8, 4) is 0 Å². The Morgan fingerprint density at radius 2 is 1.62 bits per heavy atom. The lowest BCUT2D eigenvalue weighted by Gasteiger charge is -2.37. The molecule has 2 aliphatic rings. The Morgan fingerprint density at radius 1 is 0.952 bits per heavy atom. The van der Waals surface area contributed by atoms with Gasteiger partial charge in [0.2, 0.25) is 0 Å². The lowest BCUT2D eigenvalue weighted by atomic mass is 9.86. The zero-order valence-corrected chi connectivity index (χ0v) is 13.1. The highest BCUT2D eigenvalue weighted by atomic mass is 15.2. The SMILES string of the molecule is N=C(C1CCCCC1)N1CCC(Cc2ccccc2)CC1. The molecule has 0 bridgehead atoms. The van der Waals surface area contributed by atoms with E-state index in [-0.39, 0.29) is 0 Å². The molecule has 2 heteroatoms. The number of hydrogen-bond acceptors (Lipinski definition) is 1. The molecule has 0 spiro atoms. The van der Waals surface area contributed by atoms with Crippen LogP contribution in [0.25, 0.3) is 0 Å². The van der Waals surface area contributed by atoms with Crippen LogP contribution in [0.15, 0.2) is 30.3 Å². The summed E-state index contributed by atoms with van der Waals surface area (Å²) in [6.07, 6.45) is 10.3. The van der Waals surface area contributed by atoms with Gasteiger partial charge in [0.1, 0.15) is 0 Å². The van der Waals surface area contributed by atoms with Crippen molar-refractivity contribution in [2.75, 3.05) is 13.1 Å². The number of benzene rings is 1. The van der Waals surface area contributed by atoms with Gasteiger partial charge in [-0.2, -0.15) is 0 Å². The fraction of sp³-hybridized carbons (Fsp3) is 0.632. The van der Waals surface area contributed by atoms with Gasteiger partial charge in [0.15, 0.2) is 0 Å². The number of hydrogen-bond donors (Lipinski definition) is 1. The molecule has 2 fully saturated rings. The van der Waals surface area contributed by atoms with E-state index in [9.17, 15) is 0 Å². The molecule has 0 unspecified atom stereocenters. The zero-order valence-electron chi connectivity index (χ0n) is 13.1. The summed E-state index contributed by atoms with van der Waals surface area (Å²) in [7, 11) is 0. The fourth-order valence-corrected chi connectivity index (χ4v) is 3.96. The molecule has 1 saturated heterocycles. The van der Waals surface area contributed by atoms with Crippen molar-refractivity contribution < 1.29 is 0 Å². The van der Waals surface area contributed by atoms with Crippen molar-refractivity contribution in [2.24, 2.45) is 11.8 Å². The van der Waals surface area contributed by atoms with Gasteiger partial charge in [0.25, 0.3) is 0 Å². The van der Waals surface area contributed by atoms with Crippen LogP contribution >= 0.6 is 0 Å². The summed E-state index contributed by atoms with van der Waals surface area (Å²) < 4.78 is 0. The quantitative estimate of drug-likeness (QED) is 0.642. The van der Waals surface area contributed by atoms with Crippen LogP contribution in [-0.4, -0.2) is 23.8 Å². The molecule has 0 aromatic heterocycles. The van der Waals surface area contributed by atoms with Crippen LogP contribution in [0.5, 0.6) is 0 Å². The Bertz CT molecular complexity index is 440. The van der Waals surface area contributed by atoms with Crippen molar-refractivity contribution in [1.29, 1.82) is 5.41 Å². The van der Waals surface area contributed by atoms with E-state index in [1.54, 1.807) is 0 Å². The Kier molecular flexibility index (Phi) is 4.95. The number of amidine groups is 1. The van der Waals surface area contributed by atoms with Crippen molar-refractivity contribution in [1.82, 2.24) is 4.90 Å². The first-order valence-corrected chi connectivity index (χ1v) is 8.70. The summed E-state index contributed by atoms with van der Waals surface area (Å²) >= 11 is 0. The number of nitrogens with one attached hydrogen (secondary N) is 1. The maximum atomic E-state index is 8.49. The molecule has 2 nitrogen and oxygen atoms in total. The van der Waals surface area contributed by atoms with Crippen molar-refractivity contribution in [3.63, 3.8) is 0 Å².